The number of aliphatic carboxylic acids is 1. The quantitative estimate of drug-likeness (QED) is 0.772. The molecule has 0 heterocycles. The van der Waals surface area contributed by atoms with Crippen LogP contribution in [0.4, 0.5) is 0 Å². The van der Waals surface area contributed by atoms with Crippen LogP contribution in [0.2, 0.25) is 0 Å². The molecule has 6 heteroatoms. The molecule has 0 fully saturated rings. The highest BCUT2D eigenvalue weighted by molar-refractivity contribution is 5.66. The number of nitriles is 1. The van der Waals surface area contributed by atoms with Crippen LogP contribution in [0, 0.1) is 11.3 Å². The molecule has 102 valence electrons. The molecule has 0 saturated carbocycles. The van der Waals surface area contributed by atoms with Gasteiger partial charge in [-0.1, -0.05) is 6.07 Å². The SMILES string of the molecule is COc1ccc(C(C#N)NCCC(=O)O)cc1OC. The van der Waals surface area contributed by atoms with Crippen molar-refractivity contribution in [3.05, 3.63) is 23.8 Å². The van der Waals surface area contributed by atoms with Crippen molar-refractivity contribution in [1.29, 1.82) is 5.26 Å². The van der Waals surface area contributed by atoms with E-state index in [4.69, 9.17) is 19.8 Å². The summed E-state index contributed by atoms with van der Waals surface area (Å²) >= 11 is 0. The van der Waals surface area contributed by atoms with Crippen molar-refractivity contribution in [2.75, 3.05) is 20.8 Å². The van der Waals surface area contributed by atoms with E-state index in [-0.39, 0.29) is 13.0 Å². The lowest BCUT2D eigenvalue weighted by molar-refractivity contribution is -0.136. The fraction of sp³-hybridized carbons (Fsp3) is 0.385. The normalized spacial score (nSPS) is 11.4. The molecule has 0 radical (unpaired) electrons. The first-order valence-corrected chi connectivity index (χ1v) is 5.69. The van der Waals surface area contributed by atoms with E-state index < -0.39 is 12.0 Å². The number of hydrogen-bond acceptors (Lipinski definition) is 5. The van der Waals surface area contributed by atoms with Gasteiger partial charge < -0.3 is 14.6 Å². The number of nitrogens with zero attached hydrogens (tertiary/aromatic N) is 1. The molecule has 19 heavy (non-hydrogen) atoms. The Kier molecular flexibility index (Phi) is 5.64. The third-order valence-corrected chi connectivity index (χ3v) is 2.56. The molecule has 1 unspecified atom stereocenters. The smallest absolute Gasteiger partial charge is 0.304 e. The van der Waals surface area contributed by atoms with Crippen LogP contribution in [0.15, 0.2) is 18.2 Å². The number of ether oxygens (including phenoxy) is 2. The maximum Gasteiger partial charge on any atom is 0.304 e. The van der Waals surface area contributed by atoms with Crippen molar-refractivity contribution in [2.45, 2.75) is 12.5 Å². The van der Waals surface area contributed by atoms with Crippen LogP contribution >= 0.6 is 0 Å². The van der Waals surface area contributed by atoms with Crippen LogP contribution in [-0.4, -0.2) is 31.8 Å². The molecule has 1 aromatic carbocycles. The monoisotopic (exact) mass is 264 g/mol. The molecule has 0 saturated heterocycles. The van der Waals surface area contributed by atoms with Crippen molar-refractivity contribution >= 4 is 5.97 Å². The maximum atomic E-state index is 10.4. The fourth-order valence-electron chi connectivity index (χ4n) is 1.59. The van der Waals surface area contributed by atoms with Gasteiger partial charge in [0, 0.05) is 6.54 Å². The van der Waals surface area contributed by atoms with Gasteiger partial charge in [-0.05, 0) is 17.7 Å². The van der Waals surface area contributed by atoms with Crippen LogP contribution in [0.5, 0.6) is 11.5 Å². The average Bonchev–Trinajstić information content (AvgIpc) is 2.42. The van der Waals surface area contributed by atoms with Crippen LogP contribution in [-0.2, 0) is 4.79 Å². The first kappa shape index (κ1) is 14.8. The summed E-state index contributed by atoms with van der Waals surface area (Å²) in [5.74, 6) is 0.199. The van der Waals surface area contributed by atoms with Crippen molar-refractivity contribution in [3.8, 4) is 17.6 Å². The minimum atomic E-state index is -0.906. The number of carboxylic acid groups (broad SMARTS) is 1. The molecule has 0 aromatic heterocycles. The van der Waals surface area contributed by atoms with E-state index in [1.165, 1.54) is 14.2 Å². The van der Waals surface area contributed by atoms with Gasteiger partial charge in [0.2, 0.25) is 0 Å². The van der Waals surface area contributed by atoms with E-state index in [2.05, 4.69) is 11.4 Å². The summed E-state index contributed by atoms with van der Waals surface area (Å²) < 4.78 is 10.3. The summed E-state index contributed by atoms with van der Waals surface area (Å²) in [4.78, 5) is 10.4. The largest absolute Gasteiger partial charge is 0.493 e. The predicted molar refractivity (Wildman–Crippen MR) is 68.2 cm³/mol. The first-order valence-electron chi connectivity index (χ1n) is 5.69. The second kappa shape index (κ2) is 7.24. The number of hydrogen-bond donors (Lipinski definition) is 2. The highest BCUT2D eigenvalue weighted by Gasteiger charge is 2.13. The molecule has 6 nitrogen and oxygen atoms in total. The van der Waals surface area contributed by atoms with E-state index in [1.807, 2.05) is 0 Å². The molecule has 0 aliphatic carbocycles. The Morgan fingerprint density at radius 2 is 2.11 bits per heavy atom. The van der Waals surface area contributed by atoms with Crippen molar-refractivity contribution in [1.82, 2.24) is 5.32 Å². The molecule has 0 bridgehead atoms. The Labute approximate surface area is 111 Å². The molecule has 1 rings (SSSR count). The maximum absolute atomic E-state index is 10.4. The lowest BCUT2D eigenvalue weighted by Crippen LogP contribution is -2.23. The molecule has 2 N–H and O–H groups in total. The summed E-state index contributed by atoms with van der Waals surface area (Å²) in [6, 6.07) is 6.64. The topological polar surface area (TPSA) is 91.6 Å². The van der Waals surface area contributed by atoms with Crippen molar-refractivity contribution in [3.63, 3.8) is 0 Å². The summed E-state index contributed by atoms with van der Waals surface area (Å²) in [7, 11) is 3.05. The first-order chi connectivity index (χ1) is 9.12. The Hall–Kier alpha value is -2.26. The number of carbonyl (C=O) groups is 1. The minimum Gasteiger partial charge on any atom is -0.493 e. The van der Waals surface area contributed by atoms with Gasteiger partial charge in [0.05, 0.1) is 26.7 Å². The zero-order valence-corrected chi connectivity index (χ0v) is 10.8. The molecule has 0 aliphatic heterocycles. The molecular formula is C13H16N2O4. The minimum absolute atomic E-state index is 0.0362. The van der Waals surface area contributed by atoms with Crippen LogP contribution < -0.4 is 14.8 Å². The molecule has 0 spiro atoms. The van der Waals surface area contributed by atoms with Gasteiger partial charge in [0.15, 0.2) is 11.5 Å². The van der Waals surface area contributed by atoms with Gasteiger partial charge in [-0.25, -0.2) is 0 Å². The van der Waals surface area contributed by atoms with E-state index in [9.17, 15) is 4.79 Å². The number of nitrogens with one attached hydrogen (secondary N) is 1. The highest BCUT2D eigenvalue weighted by Crippen LogP contribution is 2.29. The lowest BCUT2D eigenvalue weighted by Gasteiger charge is -2.14. The summed E-state index contributed by atoms with van der Waals surface area (Å²) in [5, 5.41) is 20.5. The summed E-state index contributed by atoms with van der Waals surface area (Å²) in [6.45, 7) is 0.224. The molecular weight excluding hydrogens is 248 g/mol. The molecule has 1 aromatic rings. The molecule has 0 amide bonds. The van der Waals surface area contributed by atoms with Gasteiger partial charge in [0.1, 0.15) is 6.04 Å². The van der Waals surface area contributed by atoms with Gasteiger partial charge in [-0.15, -0.1) is 0 Å². The van der Waals surface area contributed by atoms with E-state index in [1.54, 1.807) is 18.2 Å². The van der Waals surface area contributed by atoms with E-state index in [0.29, 0.717) is 17.1 Å². The Morgan fingerprint density at radius 3 is 2.63 bits per heavy atom. The number of carboxylic acids is 1. The Bertz CT molecular complexity index is 482. The van der Waals surface area contributed by atoms with Gasteiger partial charge in [0.25, 0.3) is 0 Å². The van der Waals surface area contributed by atoms with Crippen LogP contribution in [0.1, 0.15) is 18.0 Å². The van der Waals surface area contributed by atoms with Crippen LogP contribution in [0.3, 0.4) is 0 Å². The second-order valence-corrected chi connectivity index (χ2v) is 3.77. The zero-order chi connectivity index (χ0) is 14.3. The van der Waals surface area contributed by atoms with Crippen molar-refractivity contribution in [2.24, 2.45) is 0 Å². The van der Waals surface area contributed by atoms with Crippen LogP contribution in [0.25, 0.3) is 0 Å². The number of methoxy groups -OCH3 is 2. The molecule has 0 aliphatic rings. The van der Waals surface area contributed by atoms with Gasteiger partial charge in [-0.2, -0.15) is 5.26 Å². The number of benzene rings is 1. The second-order valence-electron chi connectivity index (χ2n) is 3.77. The molecule has 1 atom stereocenters. The van der Waals surface area contributed by atoms with E-state index in [0.717, 1.165) is 0 Å². The van der Waals surface area contributed by atoms with E-state index >= 15 is 0 Å². The number of rotatable bonds is 7. The summed E-state index contributed by atoms with van der Waals surface area (Å²) in [6.07, 6.45) is -0.0362. The third-order valence-electron chi connectivity index (χ3n) is 2.56. The standard InChI is InChI=1S/C13H16N2O4/c1-18-11-4-3-9(7-12(11)19-2)10(8-14)15-6-5-13(16)17/h3-4,7,10,15H,5-6H2,1-2H3,(H,16,17). The highest BCUT2D eigenvalue weighted by atomic mass is 16.5. The lowest BCUT2D eigenvalue weighted by atomic mass is 10.1. The fourth-order valence-corrected chi connectivity index (χ4v) is 1.59. The van der Waals surface area contributed by atoms with Crippen molar-refractivity contribution < 1.29 is 19.4 Å². The summed E-state index contributed by atoms with van der Waals surface area (Å²) in [5.41, 5.74) is 0.700. The zero-order valence-electron chi connectivity index (χ0n) is 10.8. The van der Waals surface area contributed by atoms with Gasteiger partial charge >= 0.3 is 5.97 Å². The Morgan fingerprint density at radius 1 is 1.42 bits per heavy atom. The predicted octanol–water partition coefficient (Wildman–Crippen LogP) is 1.33. The third kappa shape index (κ3) is 4.16. The van der Waals surface area contributed by atoms with Gasteiger partial charge in [-0.3, -0.25) is 10.1 Å². The Balaban J connectivity index is 2.81. The average molecular weight is 264 g/mol.